The molecule has 154 valence electrons. The number of hydrogen-bond donors (Lipinski definition) is 1. The summed E-state index contributed by atoms with van der Waals surface area (Å²) in [4.78, 5) is 18.8. The average molecular weight is 563 g/mol. The fraction of sp³-hybridized carbons (Fsp3) is 0.526. The topological polar surface area (TPSA) is 67.5 Å². The van der Waals surface area contributed by atoms with Crippen molar-refractivity contribution < 1.29 is 0 Å². The van der Waals surface area contributed by atoms with Gasteiger partial charge < -0.3 is 10.2 Å². The average Bonchev–Trinajstić information content (AvgIpc) is 3.00. The van der Waals surface area contributed by atoms with Crippen molar-refractivity contribution in [2.75, 3.05) is 20.6 Å². The van der Waals surface area contributed by atoms with Gasteiger partial charge in [-0.25, -0.2) is 9.48 Å². The van der Waals surface area contributed by atoms with Gasteiger partial charge in [-0.2, -0.15) is 5.10 Å². The van der Waals surface area contributed by atoms with E-state index in [0.717, 1.165) is 61.6 Å². The lowest BCUT2D eigenvalue weighted by Gasteiger charge is -2.22. The minimum atomic E-state index is 0. The van der Waals surface area contributed by atoms with Crippen LogP contribution in [0.25, 0.3) is 0 Å². The molecule has 1 aromatic heterocycles. The maximum atomic E-state index is 12.3. The lowest BCUT2D eigenvalue weighted by Crippen LogP contribution is -2.39. The van der Waals surface area contributed by atoms with Gasteiger partial charge in [0.05, 0.1) is 0 Å². The molecule has 1 aromatic carbocycles. The van der Waals surface area contributed by atoms with Gasteiger partial charge >= 0.3 is 5.69 Å². The number of fused-ring (bicyclic) bond motifs is 1. The van der Waals surface area contributed by atoms with E-state index in [0.29, 0.717) is 6.54 Å². The Hall–Kier alpha value is -1.36. The first-order valence-electron chi connectivity index (χ1n) is 9.42. The van der Waals surface area contributed by atoms with Gasteiger partial charge in [-0.15, -0.1) is 24.0 Å². The molecule has 28 heavy (non-hydrogen) atoms. The Morgan fingerprint density at radius 3 is 2.86 bits per heavy atom. The predicted molar refractivity (Wildman–Crippen MR) is 126 cm³/mol. The highest BCUT2D eigenvalue weighted by molar-refractivity contribution is 14.0. The minimum Gasteiger partial charge on any atom is -0.356 e. The van der Waals surface area contributed by atoms with Gasteiger partial charge in [0.1, 0.15) is 5.82 Å². The van der Waals surface area contributed by atoms with E-state index in [1.807, 2.05) is 29.8 Å². The van der Waals surface area contributed by atoms with Gasteiger partial charge in [0.25, 0.3) is 0 Å². The number of nitrogens with zero attached hydrogens (tertiary/aromatic N) is 5. The smallest absolute Gasteiger partial charge is 0.345 e. The standard InChI is InChI=1S/C19H27BrN6O.HI/c1-21-18(24(2)14-15-8-3-4-9-16(15)20)22-11-7-13-26-19(27)25-12-6-5-10-17(25)23-26;/h3-4,8-9H,5-7,10-14H2,1-2H3,(H,21,22);1H. The summed E-state index contributed by atoms with van der Waals surface area (Å²) >= 11 is 3.59. The Labute approximate surface area is 191 Å². The monoisotopic (exact) mass is 562 g/mol. The third-order valence-electron chi connectivity index (χ3n) is 4.80. The summed E-state index contributed by atoms with van der Waals surface area (Å²) in [6.07, 6.45) is 3.92. The molecule has 1 aliphatic heterocycles. The van der Waals surface area contributed by atoms with Gasteiger partial charge in [-0.1, -0.05) is 34.1 Å². The third kappa shape index (κ3) is 5.59. The number of rotatable bonds is 6. The first-order chi connectivity index (χ1) is 13.1. The zero-order valence-corrected chi connectivity index (χ0v) is 20.3. The van der Waals surface area contributed by atoms with Crippen LogP contribution < -0.4 is 11.0 Å². The number of guanidine groups is 1. The number of aliphatic imine (C=N–C) groups is 1. The maximum Gasteiger partial charge on any atom is 0.345 e. The van der Waals surface area contributed by atoms with E-state index in [9.17, 15) is 4.79 Å². The quantitative estimate of drug-likeness (QED) is 0.254. The van der Waals surface area contributed by atoms with Crippen LogP contribution in [0.4, 0.5) is 0 Å². The highest BCUT2D eigenvalue weighted by atomic mass is 127. The molecule has 0 radical (unpaired) electrons. The minimum absolute atomic E-state index is 0. The SMILES string of the molecule is CN=C(NCCCn1nc2n(c1=O)CCCC2)N(C)Cc1ccccc1Br.I. The van der Waals surface area contributed by atoms with Crippen molar-refractivity contribution in [3.05, 3.63) is 50.6 Å². The fourth-order valence-corrected chi connectivity index (χ4v) is 3.78. The number of hydrogen-bond acceptors (Lipinski definition) is 3. The lowest BCUT2D eigenvalue weighted by molar-refractivity contribution is 0.468. The molecule has 0 spiro atoms. The molecule has 0 amide bonds. The third-order valence-corrected chi connectivity index (χ3v) is 5.57. The molecule has 0 bridgehead atoms. The summed E-state index contributed by atoms with van der Waals surface area (Å²) in [6.45, 7) is 2.92. The molecule has 7 nitrogen and oxygen atoms in total. The van der Waals surface area contributed by atoms with Crippen LogP contribution in [-0.4, -0.2) is 45.8 Å². The molecule has 0 aliphatic carbocycles. The molecular weight excluding hydrogens is 535 g/mol. The summed E-state index contributed by atoms with van der Waals surface area (Å²) in [5, 5.41) is 7.85. The lowest BCUT2D eigenvalue weighted by atomic mass is 10.2. The van der Waals surface area contributed by atoms with Crippen molar-refractivity contribution in [3.8, 4) is 0 Å². The highest BCUT2D eigenvalue weighted by Gasteiger charge is 2.16. The van der Waals surface area contributed by atoms with Gasteiger partial charge in [0.2, 0.25) is 0 Å². The Balaban J connectivity index is 0.00000280. The molecule has 0 atom stereocenters. The molecule has 2 aromatic rings. The molecule has 9 heteroatoms. The fourth-order valence-electron chi connectivity index (χ4n) is 3.36. The molecular formula is C19H28BrIN6O. The maximum absolute atomic E-state index is 12.3. The summed E-state index contributed by atoms with van der Waals surface area (Å²) in [5.74, 6) is 1.77. The van der Waals surface area contributed by atoms with Crippen molar-refractivity contribution >= 4 is 45.9 Å². The van der Waals surface area contributed by atoms with E-state index < -0.39 is 0 Å². The van der Waals surface area contributed by atoms with Gasteiger partial charge in [0, 0.05) is 51.2 Å². The van der Waals surface area contributed by atoms with Crippen molar-refractivity contribution in [1.29, 1.82) is 0 Å². The van der Waals surface area contributed by atoms with Crippen LogP contribution in [0, 0.1) is 0 Å². The number of aromatic nitrogens is 3. The molecule has 1 aliphatic rings. The zero-order chi connectivity index (χ0) is 19.2. The van der Waals surface area contributed by atoms with Crippen LogP contribution in [0.15, 0.2) is 38.5 Å². The van der Waals surface area contributed by atoms with Crippen LogP contribution >= 0.6 is 39.9 Å². The Bertz CT molecular complexity index is 862. The van der Waals surface area contributed by atoms with Gasteiger partial charge in [0.15, 0.2) is 5.96 Å². The summed E-state index contributed by atoms with van der Waals surface area (Å²) < 4.78 is 4.52. The highest BCUT2D eigenvalue weighted by Crippen LogP contribution is 2.17. The van der Waals surface area contributed by atoms with E-state index in [1.165, 1.54) is 5.56 Å². The van der Waals surface area contributed by atoms with E-state index in [4.69, 9.17) is 0 Å². The summed E-state index contributed by atoms with van der Waals surface area (Å²) in [5.41, 5.74) is 1.23. The van der Waals surface area contributed by atoms with Gasteiger partial charge in [-0.3, -0.25) is 9.56 Å². The van der Waals surface area contributed by atoms with Crippen LogP contribution in [0.2, 0.25) is 0 Å². The summed E-state index contributed by atoms with van der Waals surface area (Å²) in [6, 6.07) is 8.19. The zero-order valence-electron chi connectivity index (χ0n) is 16.4. The molecule has 0 fully saturated rings. The number of aryl methyl sites for hydroxylation is 2. The summed E-state index contributed by atoms with van der Waals surface area (Å²) in [7, 11) is 3.80. The van der Waals surface area contributed by atoms with E-state index in [2.05, 4.69) is 42.3 Å². The Morgan fingerprint density at radius 1 is 1.36 bits per heavy atom. The van der Waals surface area contributed by atoms with Crippen LogP contribution in [-0.2, 0) is 26.1 Å². The van der Waals surface area contributed by atoms with E-state index in [1.54, 1.807) is 11.7 Å². The second-order valence-electron chi connectivity index (χ2n) is 6.81. The Morgan fingerprint density at radius 2 is 2.14 bits per heavy atom. The number of benzene rings is 1. The molecule has 3 rings (SSSR count). The molecule has 2 heterocycles. The van der Waals surface area contributed by atoms with Crippen LogP contribution in [0.1, 0.15) is 30.7 Å². The second-order valence-corrected chi connectivity index (χ2v) is 7.66. The number of halogens is 2. The normalized spacial score (nSPS) is 13.6. The van der Waals surface area contributed by atoms with Crippen molar-refractivity contribution in [3.63, 3.8) is 0 Å². The molecule has 0 saturated carbocycles. The largest absolute Gasteiger partial charge is 0.356 e. The van der Waals surface area contributed by atoms with Crippen LogP contribution in [0.5, 0.6) is 0 Å². The Kier molecular flexibility index (Phi) is 9.00. The number of nitrogens with one attached hydrogen (secondary N) is 1. The van der Waals surface area contributed by atoms with E-state index >= 15 is 0 Å². The second kappa shape index (κ2) is 11.0. The van der Waals surface area contributed by atoms with Crippen molar-refractivity contribution in [1.82, 2.24) is 24.6 Å². The molecule has 0 saturated heterocycles. The van der Waals surface area contributed by atoms with Crippen molar-refractivity contribution in [2.45, 2.75) is 45.3 Å². The van der Waals surface area contributed by atoms with E-state index in [-0.39, 0.29) is 29.7 Å². The van der Waals surface area contributed by atoms with Crippen molar-refractivity contribution in [2.24, 2.45) is 4.99 Å². The van der Waals surface area contributed by atoms with Crippen LogP contribution in [0.3, 0.4) is 0 Å². The molecule has 0 unspecified atom stereocenters. The van der Waals surface area contributed by atoms with Gasteiger partial charge in [-0.05, 0) is 30.9 Å². The molecule has 1 N–H and O–H groups in total. The predicted octanol–water partition coefficient (Wildman–Crippen LogP) is 2.86. The first kappa shape index (κ1) is 22.9. The first-order valence-corrected chi connectivity index (χ1v) is 10.2.